The van der Waals surface area contributed by atoms with Crippen LogP contribution in [0, 0.1) is 16.0 Å². The number of non-ortho nitro benzene ring substituents is 1. The van der Waals surface area contributed by atoms with E-state index in [1.165, 1.54) is 12.1 Å². The third-order valence-corrected chi connectivity index (χ3v) is 4.53. The minimum Gasteiger partial charge on any atom is -0.369 e. The summed E-state index contributed by atoms with van der Waals surface area (Å²) >= 11 is 0. The summed E-state index contributed by atoms with van der Waals surface area (Å²) in [6.07, 6.45) is 2.74. The van der Waals surface area contributed by atoms with Crippen molar-refractivity contribution in [3.8, 4) is 0 Å². The highest BCUT2D eigenvalue weighted by Gasteiger charge is 2.34. The van der Waals surface area contributed by atoms with Gasteiger partial charge in [0.05, 0.1) is 16.2 Å². The maximum absolute atomic E-state index is 12.2. The van der Waals surface area contributed by atoms with E-state index in [-0.39, 0.29) is 23.1 Å². The Morgan fingerprint density at radius 1 is 1.17 bits per heavy atom. The molecular formula is C16H20N4O4. The molecule has 1 aromatic rings. The molecule has 2 N–H and O–H groups in total. The Hall–Kier alpha value is -2.64. The molecule has 0 aromatic heterocycles. The van der Waals surface area contributed by atoms with Crippen molar-refractivity contribution in [2.45, 2.75) is 19.3 Å². The average Bonchev–Trinajstić information content (AvgIpc) is 3.40. The fourth-order valence-corrected chi connectivity index (χ4v) is 3.08. The van der Waals surface area contributed by atoms with Gasteiger partial charge in [0.25, 0.3) is 11.6 Å². The maximum atomic E-state index is 12.2. The van der Waals surface area contributed by atoms with E-state index in [9.17, 15) is 19.7 Å². The fourth-order valence-electron chi connectivity index (χ4n) is 3.08. The molecule has 0 bridgehead atoms. The van der Waals surface area contributed by atoms with Crippen LogP contribution in [0.25, 0.3) is 0 Å². The lowest BCUT2D eigenvalue weighted by Crippen LogP contribution is -2.36. The lowest BCUT2D eigenvalue weighted by atomic mass is 10.1. The van der Waals surface area contributed by atoms with Gasteiger partial charge in [-0.05, 0) is 25.3 Å². The quantitative estimate of drug-likeness (QED) is 0.657. The van der Waals surface area contributed by atoms with Crippen LogP contribution in [0.2, 0.25) is 0 Å². The second-order valence-corrected chi connectivity index (χ2v) is 6.26. The van der Waals surface area contributed by atoms with E-state index in [0.29, 0.717) is 31.9 Å². The first-order valence-electron chi connectivity index (χ1n) is 8.09. The molecule has 0 spiro atoms. The first-order chi connectivity index (χ1) is 11.5. The summed E-state index contributed by atoms with van der Waals surface area (Å²) in [5.41, 5.74) is 5.98. The van der Waals surface area contributed by atoms with Gasteiger partial charge >= 0.3 is 0 Å². The van der Waals surface area contributed by atoms with E-state index in [2.05, 4.69) is 0 Å². The third-order valence-electron chi connectivity index (χ3n) is 4.53. The molecule has 1 aromatic carbocycles. The Labute approximate surface area is 139 Å². The minimum atomic E-state index is -0.691. The number of nitro benzene ring substituents is 1. The zero-order valence-corrected chi connectivity index (χ0v) is 13.3. The van der Waals surface area contributed by atoms with Gasteiger partial charge in [-0.15, -0.1) is 0 Å². The zero-order valence-electron chi connectivity index (χ0n) is 13.3. The predicted molar refractivity (Wildman–Crippen MR) is 87.7 cm³/mol. The fraction of sp³-hybridized carbons (Fsp3) is 0.500. The molecular weight excluding hydrogens is 312 g/mol. The summed E-state index contributed by atoms with van der Waals surface area (Å²) in [5, 5.41) is 10.9. The van der Waals surface area contributed by atoms with Gasteiger partial charge in [0.15, 0.2) is 0 Å². The molecule has 0 atom stereocenters. The first-order valence-corrected chi connectivity index (χ1v) is 8.09. The van der Waals surface area contributed by atoms with Crippen molar-refractivity contribution in [1.29, 1.82) is 0 Å². The number of carbonyl (C=O) groups is 2. The van der Waals surface area contributed by atoms with Crippen LogP contribution in [-0.2, 0) is 4.79 Å². The number of amides is 2. The van der Waals surface area contributed by atoms with E-state index >= 15 is 0 Å². The molecule has 0 radical (unpaired) electrons. The Kier molecular flexibility index (Phi) is 4.37. The highest BCUT2D eigenvalue weighted by Crippen LogP contribution is 2.32. The van der Waals surface area contributed by atoms with Crippen molar-refractivity contribution in [3.05, 3.63) is 33.9 Å². The lowest BCUT2D eigenvalue weighted by molar-refractivity contribution is -0.384. The molecule has 8 nitrogen and oxygen atoms in total. The summed E-state index contributed by atoms with van der Waals surface area (Å²) in [4.78, 5) is 38.1. The van der Waals surface area contributed by atoms with E-state index in [4.69, 9.17) is 5.73 Å². The van der Waals surface area contributed by atoms with Gasteiger partial charge in [-0.2, -0.15) is 0 Å². The second-order valence-electron chi connectivity index (χ2n) is 6.26. The predicted octanol–water partition coefficient (Wildman–Crippen LogP) is 1.14. The molecule has 2 fully saturated rings. The van der Waals surface area contributed by atoms with Crippen LogP contribution in [0.4, 0.5) is 11.4 Å². The van der Waals surface area contributed by atoms with Gasteiger partial charge in [0.2, 0.25) is 5.91 Å². The Morgan fingerprint density at radius 3 is 2.54 bits per heavy atom. The molecule has 8 heteroatoms. The molecule has 0 unspecified atom stereocenters. The maximum Gasteiger partial charge on any atom is 0.270 e. The van der Waals surface area contributed by atoms with E-state index in [1.807, 2.05) is 9.80 Å². The SMILES string of the molecule is NC(=O)c1cc([N+](=O)[O-])ccc1N1CCCN(C(=O)C2CC2)CC1. The van der Waals surface area contributed by atoms with Crippen LogP contribution in [0.15, 0.2) is 18.2 Å². The van der Waals surface area contributed by atoms with Gasteiger partial charge in [0.1, 0.15) is 0 Å². The molecule has 3 rings (SSSR count). The Balaban J connectivity index is 1.79. The van der Waals surface area contributed by atoms with Crippen molar-refractivity contribution in [3.63, 3.8) is 0 Å². The van der Waals surface area contributed by atoms with Crippen molar-refractivity contribution in [2.24, 2.45) is 11.7 Å². The van der Waals surface area contributed by atoms with E-state index < -0.39 is 10.8 Å². The molecule has 128 valence electrons. The van der Waals surface area contributed by atoms with Gasteiger partial charge < -0.3 is 15.5 Å². The average molecular weight is 332 g/mol. The molecule has 1 saturated heterocycles. The van der Waals surface area contributed by atoms with Gasteiger partial charge in [-0.3, -0.25) is 19.7 Å². The summed E-state index contributed by atoms with van der Waals surface area (Å²) in [6, 6.07) is 4.16. The number of hydrogen-bond donors (Lipinski definition) is 1. The normalized spacial score (nSPS) is 18.2. The van der Waals surface area contributed by atoms with Crippen LogP contribution in [-0.4, -0.2) is 47.8 Å². The van der Waals surface area contributed by atoms with Gasteiger partial charge in [-0.1, -0.05) is 0 Å². The number of rotatable bonds is 4. The van der Waals surface area contributed by atoms with Crippen molar-refractivity contribution >= 4 is 23.2 Å². The monoisotopic (exact) mass is 332 g/mol. The van der Waals surface area contributed by atoms with E-state index in [1.54, 1.807) is 6.07 Å². The van der Waals surface area contributed by atoms with Crippen LogP contribution in [0.5, 0.6) is 0 Å². The standard InChI is InChI=1S/C16H20N4O4/c17-15(21)13-10-12(20(23)24)4-5-14(13)18-6-1-7-19(9-8-18)16(22)11-2-3-11/h4-5,10-11H,1-3,6-9H2,(H2,17,21). The lowest BCUT2D eigenvalue weighted by Gasteiger charge is -2.25. The third kappa shape index (κ3) is 3.32. The van der Waals surface area contributed by atoms with Crippen molar-refractivity contribution in [1.82, 2.24) is 4.90 Å². The topological polar surface area (TPSA) is 110 Å². The second kappa shape index (κ2) is 6.46. The number of nitrogens with two attached hydrogens (primary N) is 1. The smallest absolute Gasteiger partial charge is 0.270 e. The summed E-state index contributed by atoms with van der Waals surface area (Å²) in [7, 11) is 0. The van der Waals surface area contributed by atoms with Crippen LogP contribution >= 0.6 is 0 Å². The minimum absolute atomic E-state index is 0.145. The largest absolute Gasteiger partial charge is 0.369 e. The first kappa shape index (κ1) is 16.2. The Morgan fingerprint density at radius 2 is 1.92 bits per heavy atom. The van der Waals surface area contributed by atoms with E-state index in [0.717, 1.165) is 19.3 Å². The summed E-state index contributed by atoms with van der Waals surface area (Å²) in [5.74, 6) is -0.281. The number of carbonyl (C=O) groups excluding carboxylic acids is 2. The molecule has 2 amide bonds. The summed E-state index contributed by atoms with van der Waals surface area (Å²) in [6.45, 7) is 2.54. The number of nitrogens with zero attached hydrogens (tertiary/aromatic N) is 3. The molecule has 24 heavy (non-hydrogen) atoms. The number of nitro groups is 1. The number of hydrogen-bond acceptors (Lipinski definition) is 5. The molecule has 1 aliphatic heterocycles. The highest BCUT2D eigenvalue weighted by molar-refractivity contribution is 5.99. The number of anilines is 1. The molecule has 1 heterocycles. The number of benzene rings is 1. The molecule has 1 saturated carbocycles. The number of primary amides is 1. The highest BCUT2D eigenvalue weighted by atomic mass is 16.6. The van der Waals surface area contributed by atoms with Crippen LogP contribution in [0.3, 0.4) is 0 Å². The van der Waals surface area contributed by atoms with Crippen LogP contribution < -0.4 is 10.6 Å². The summed E-state index contributed by atoms with van der Waals surface area (Å²) < 4.78 is 0. The van der Waals surface area contributed by atoms with Crippen molar-refractivity contribution < 1.29 is 14.5 Å². The van der Waals surface area contributed by atoms with Crippen LogP contribution in [0.1, 0.15) is 29.6 Å². The zero-order chi connectivity index (χ0) is 17.3. The van der Waals surface area contributed by atoms with Gasteiger partial charge in [-0.25, -0.2) is 0 Å². The molecule has 1 aliphatic carbocycles. The van der Waals surface area contributed by atoms with Crippen molar-refractivity contribution in [2.75, 3.05) is 31.1 Å². The van der Waals surface area contributed by atoms with Gasteiger partial charge in [0, 0.05) is 44.2 Å². The Bertz CT molecular complexity index is 687. The molecule has 2 aliphatic rings.